The minimum Gasteiger partial charge on any atom is -0.353 e. The van der Waals surface area contributed by atoms with E-state index in [9.17, 15) is 18.0 Å². The van der Waals surface area contributed by atoms with Crippen molar-refractivity contribution in [2.45, 2.75) is 25.2 Å². The molecule has 1 amide bonds. The third kappa shape index (κ3) is 1.88. The molecule has 0 aromatic rings. The zero-order valence-electron chi connectivity index (χ0n) is 6.40. The summed E-state index contributed by atoms with van der Waals surface area (Å²) in [6, 6.07) is -2.39. The van der Waals surface area contributed by atoms with Crippen LogP contribution in [-0.2, 0) is 4.79 Å². The highest BCUT2D eigenvalue weighted by Crippen LogP contribution is 2.21. The second-order valence-corrected chi connectivity index (χ2v) is 2.73. The molecule has 1 heterocycles. The van der Waals surface area contributed by atoms with Gasteiger partial charge in [-0.15, -0.1) is 0 Å². The third-order valence-corrected chi connectivity index (χ3v) is 1.72. The van der Waals surface area contributed by atoms with Crippen molar-refractivity contribution in [1.82, 2.24) is 10.6 Å². The van der Waals surface area contributed by atoms with Crippen LogP contribution in [0.25, 0.3) is 0 Å². The predicted molar refractivity (Wildman–Crippen MR) is 35.5 cm³/mol. The Hall–Kier alpha value is -0.780. The van der Waals surface area contributed by atoms with E-state index in [4.69, 9.17) is 0 Å². The lowest BCUT2D eigenvalue weighted by Gasteiger charge is -2.30. The Morgan fingerprint density at radius 1 is 1.50 bits per heavy atom. The van der Waals surface area contributed by atoms with E-state index in [0.717, 1.165) is 0 Å². The summed E-state index contributed by atoms with van der Waals surface area (Å²) in [4.78, 5) is 10.7. The first-order valence-corrected chi connectivity index (χ1v) is 3.51. The number of nitrogens with one attached hydrogen (secondary N) is 2. The summed E-state index contributed by atoms with van der Waals surface area (Å²) in [5.41, 5.74) is 0. The quantitative estimate of drug-likeness (QED) is 0.554. The van der Waals surface area contributed by atoms with Crippen LogP contribution in [0.4, 0.5) is 13.2 Å². The number of hydrogen-bond acceptors (Lipinski definition) is 2. The van der Waals surface area contributed by atoms with Crippen molar-refractivity contribution in [3.8, 4) is 0 Å². The summed E-state index contributed by atoms with van der Waals surface area (Å²) in [7, 11) is 0. The molecular weight excluding hydrogens is 173 g/mol. The van der Waals surface area contributed by atoms with Gasteiger partial charge >= 0.3 is 6.18 Å². The molecule has 0 aliphatic carbocycles. The lowest BCUT2D eigenvalue weighted by Crippen LogP contribution is -2.62. The number of hydrogen-bond donors (Lipinski definition) is 2. The normalized spacial score (nSPS) is 31.5. The number of carbonyl (C=O) groups excluding carboxylic acids is 1. The van der Waals surface area contributed by atoms with Crippen LogP contribution >= 0.6 is 0 Å². The highest BCUT2D eigenvalue weighted by Gasteiger charge is 2.43. The van der Waals surface area contributed by atoms with Gasteiger partial charge in [-0.1, -0.05) is 0 Å². The Balaban J connectivity index is 2.57. The van der Waals surface area contributed by atoms with E-state index in [-0.39, 0.29) is 6.54 Å². The van der Waals surface area contributed by atoms with Gasteiger partial charge in [0.25, 0.3) is 0 Å². The molecule has 1 aliphatic heterocycles. The molecular formula is C6H9F3N2O. The van der Waals surface area contributed by atoms with Crippen LogP contribution in [0.3, 0.4) is 0 Å². The topological polar surface area (TPSA) is 41.1 Å². The molecule has 1 fully saturated rings. The predicted octanol–water partition coefficient (Wildman–Crippen LogP) is 0.0252. The second-order valence-electron chi connectivity index (χ2n) is 2.73. The van der Waals surface area contributed by atoms with Gasteiger partial charge in [0, 0.05) is 6.54 Å². The standard InChI is InChI=1S/C6H9F3N2O/c1-3-5(12)10-2-4(11-3)6(7,8)9/h3-4,11H,2H2,1H3,(H,10,12). The fourth-order valence-corrected chi connectivity index (χ4v) is 1.00. The lowest BCUT2D eigenvalue weighted by atomic mass is 10.1. The van der Waals surface area contributed by atoms with E-state index in [2.05, 4.69) is 10.6 Å². The van der Waals surface area contributed by atoms with E-state index in [1.807, 2.05) is 0 Å². The van der Waals surface area contributed by atoms with Crippen molar-refractivity contribution in [1.29, 1.82) is 0 Å². The Labute approximate surface area is 67.3 Å². The van der Waals surface area contributed by atoms with Gasteiger partial charge in [-0.05, 0) is 6.92 Å². The zero-order chi connectivity index (χ0) is 9.35. The van der Waals surface area contributed by atoms with Crippen molar-refractivity contribution >= 4 is 5.91 Å². The Bertz CT molecular complexity index is 192. The molecule has 0 spiro atoms. The largest absolute Gasteiger partial charge is 0.405 e. The van der Waals surface area contributed by atoms with Gasteiger partial charge in [-0.25, -0.2) is 0 Å². The number of rotatable bonds is 0. The van der Waals surface area contributed by atoms with E-state index in [0.29, 0.717) is 0 Å². The zero-order valence-corrected chi connectivity index (χ0v) is 6.40. The van der Waals surface area contributed by atoms with Crippen molar-refractivity contribution in [2.24, 2.45) is 0 Å². The van der Waals surface area contributed by atoms with Gasteiger partial charge in [-0.3, -0.25) is 10.1 Å². The summed E-state index contributed by atoms with van der Waals surface area (Å²) in [6.45, 7) is 1.01. The van der Waals surface area contributed by atoms with Crippen LogP contribution < -0.4 is 10.6 Å². The molecule has 0 bridgehead atoms. The highest BCUT2D eigenvalue weighted by atomic mass is 19.4. The third-order valence-electron chi connectivity index (χ3n) is 1.72. The maximum atomic E-state index is 12.0. The average molecular weight is 182 g/mol. The average Bonchev–Trinajstić information content (AvgIpc) is 1.92. The Morgan fingerprint density at radius 2 is 2.08 bits per heavy atom. The van der Waals surface area contributed by atoms with Crippen molar-refractivity contribution in [3.05, 3.63) is 0 Å². The number of piperazine rings is 1. The summed E-state index contributed by atoms with van der Waals surface area (Å²) < 4.78 is 36.1. The smallest absolute Gasteiger partial charge is 0.353 e. The molecule has 2 N–H and O–H groups in total. The number of halogens is 3. The van der Waals surface area contributed by atoms with Gasteiger partial charge in [0.2, 0.25) is 5.91 Å². The van der Waals surface area contributed by atoms with Crippen molar-refractivity contribution in [3.63, 3.8) is 0 Å². The molecule has 1 rings (SSSR count). The minimum absolute atomic E-state index is 0.382. The van der Waals surface area contributed by atoms with Crippen molar-refractivity contribution in [2.75, 3.05) is 6.54 Å². The number of alkyl halides is 3. The van der Waals surface area contributed by atoms with Gasteiger partial charge in [0.15, 0.2) is 0 Å². The van der Waals surface area contributed by atoms with Gasteiger partial charge < -0.3 is 5.32 Å². The maximum absolute atomic E-state index is 12.0. The maximum Gasteiger partial charge on any atom is 0.405 e. The van der Waals surface area contributed by atoms with Crippen LogP contribution in [0.5, 0.6) is 0 Å². The van der Waals surface area contributed by atoms with Crippen LogP contribution in [0.1, 0.15) is 6.92 Å². The van der Waals surface area contributed by atoms with Crippen LogP contribution in [0, 0.1) is 0 Å². The minimum atomic E-state index is -4.29. The SMILES string of the molecule is CC1NC(C(F)(F)F)CNC1=O. The summed E-state index contributed by atoms with van der Waals surface area (Å²) in [5.74, 6) is -0.393. The molecule has 12 heavy (non-hydrogen) atoms. The molecule has 3 nitrogen and oxygen atoms in total. The molecule has 0 aromatic carbocycles. The van der Waals surface area contributed by atoms with Crippen LogP contribution in [-0.4, -0.2) is 30.7 Å². The van der Waals surface area contributed by atoms with E-state index in [1.54, 1.807) is 0 Å². The van der Waals surface area contributed by atoms with Crippen LogP contribution in [0.2, 0.25) is 0 Å². The molecule has 0 radical (unpaired) electrons. The monoisotopic (exact) mass is 182 g/mol. The Morgan fingerprint density at radius 3 is 2.50 bits per heavy atom. The number of carbonyl (C=O) groups is 1. The summed E-state index contributed by atoms with van der Waals surface area (Å²) >= 11 is 0. The lowest BCUT2D eigenvalue weighted by molar-refractivity contribution is -0.163. The van der Waals surface area contributed by atoms with Crippen molar-refractivity contribution < 1.29 is 18.0 Å². The molecule has 70 valence electrons. The summed E-state index contributed by atoms with van der Waals surface area (Å²) in [5, 5.41) is 4.34. The van der Waals surface area contributed by atoms with E-state index < -0.39 is 24.2 Å². The first kappa shape index (κ1) is 9.31. The molecule has 0 saturated carbocycles. The first-order chi connectivity index (χ1) is 5.41. The molecule has 1 aliphatic rings. The number of amides is 1. The van der Waals surface area contributed by atoms with Crippen LogP contribution in [0.15, 0.2) is 0 Å². The fourth-order valence-electron chi connectivity index (χ4n) is 1.00. The van der Waals surface area contributed by atoms with Gasteiger partial charge in [0.05, 0.1) is 6.04 Å². The van der Waals surface area contributed by atoms with E-state index >= 15 is 0 Å². The van der Waals surface area contributed by atoms with Gasteiger partial charge in [0.1, 0.15) is 6.04 Å². The molecule has 2 unspecified atom stereocenters. The molecule has 6 heteroatoms. The molecule has 2 atom stereocenters. The molecule has 1 saturated heterocycles. The van der Waals surface area contributed by atoms with E-state index in [1.165, 1.54) is 6.92 Å². The second kappa shape index (κ2) is 2.93. The highest BCUT2D eigenvalue weighted by molar-refractivity contribution is 5.82. The Kier molecular flexibility index (Phi) is 2.27. The molecule has 0 aromatic heterocycles. The summed E-state index contributed by atoms with van der Waals surface area (Å²) in [6.07, 6.45) is -4.29. The first-order valence-electron chi connectivity index (χ1n) is 3.51. The van der Waals surface area contributed by atoms with Gasteiger partial charge in [-0.2, -0.15) is 13.2 Å². The fraction of sp³-hybridized carbons (Fsp3) is 0.833.